The van der Waals surface area contributed by atoms with Gasteiger partial charge in [0, 0.05) is 32.5 Å². The van der Waals surface area contributed by atoms with E-state index in [2.05, 4.69) is 24.5 Å². The number of rotatable bonds is 32. The molecule has 0 saturated heterocycles. The van der Waals surface area contributed by atoms with E-state index in [9.17, 15) is 19.2 Å². The molecule has 280 valence electrons. The van der Waals surface area contributed by atoms with E-state index in [0.717, 1.165) is 44.1 Å². The van der Waals surface area contributed by atoms with Gasteiger partial charge >= 0.3 is 6.09 Å². The third-order valence-corrected chi connectivity index (χ3v) is 9.10. The van der Waals surface area contributed by atoms with Crippen molar-refractivity contribution in [3.8, 4) is 0 Å². The molecule has 1 aromatic rings. The monoisotopic (exact) mass is 687 g/mol. The van der Waals surface area contributed by atoms with Crippen LogP contribution < -0.4 is 16.4 Å². The maximum absolute atomic E-state index is 13.4. The van der Waals surface area contributed by atoms with Gasteiger partial charge in [-0.25, -0.2) is 4.79 Å². The summed E-state index contributed by atoms with van der Waals surface area (Å²) < 4.78 is 5.25. The van der Waals surface area contributed by atoms with Gasteiger partial charge in [0.1, 0.15) is 12.6 Å². The van der Waals surface area contributed by atoms with E-state index >= 15 is 0 Å². The summed E-state index contributed by atoms with van der Waals surface area (Å²) in [5, 5.41) is 5.60. The summed E-state index contributed by atoms with van der Waals surface area (Å²) in [6.45, 7) is 5.68. The van der Waals surface area contributed by atoms with Gasteiger partial charge in [0.2, 0.25) is 17.7 Å². The van der Waals surface area contributed by atoms with Crippen LogP contribution >= 0.6 is 0 Å². The van der Waals surface area contributed by atoms with Crippen molar-refractivity contribution < 1.29 is 23.9 Å². The Balaban J connectivity index is 2.52. The lowest BCUT2D eigenvalue weighted by Gasteiger charge is -2.30. The van der Waals surface area contributed by atoms with Crippen molar-refractivity contribution in [1.29, 1.82) is 0 Å². The number of nitrogens with one attached hydrogen (secondary N) is 2. The van der Waals surface area contributed by atoms with Crippen LogP contribution in [0.2, 0.25) is 0 Å². The Morgan fingerprint density at radius 3 is 1.69 bits per heavy atom. The third-order valence-electron chi connectivity index (χ3n) is 9.10. The molecule has 4 N–H and O–H groups in total. The zero-order chi connectivity index (χ0) is 35.8. The second-order valence-corrected chi connectivity index (χ2v) is 13.5. The standard InChI is InChI=1S/C40H70N4O5/c1-3-5-7-9-11-13-15-17-19-24-31-42-37(45)29-28-36(39(41)47)44(33-25-20-18-16-14-12-10-8-6-4-2)38(46)30-32-43-40(48)49-34-35-26-22-21-23-27-35/h21-23,26-27,36H,3-20,24-25,28-34H2,1-2H3,(H2,41,47)(H,42,45)(H,43,48)/t36-/m0/s1. The summed E-state index contributed by atoms with van der Waals surface area (Å²) in [5.74, 6) is -1.01. The Labute approximate surface area is 298 Å². The molecular weight excluding hydrogens is 616 g/mol. The maximum atomic E-state index is 13.4. The molecule has 0 aliphatic heterocycles. The van der Waals surface area contributed by atoms with Crippen molar-refractivity contribution >= 4 is 23.8 Å². The Bertz CT molecular complexity index is 990. The van der Waals surface area contributed by atoms with Crippen molar-refractivity contribution in [1.82, 2.24) is 15.5 Å². The van der Waals surface area contributed by atoms with Crippen molar-refractivity contribution in [2.24, 2.45) is 5.73 Å². The molecule has 0 radical (unpaired) electrons. The van der Waals surface area contributed by atoms with E-state index in [1.165, 1.54) is 94.8 Å². The van der Waals surface area contributed by atoms with Crippen LogP contribution in [0.15, 0.2) is 30.3 Å². The van der Waals surface area contributed by atoms with Crippen LogP contribution in [-0.4, -0.2) is 54.4 Å². The van der Waals surface area contributed by atoms with Crippen molar-refractivity contribution in [2.75, 3.05) is 19.6 Å². The lowest BCUT2D eigenvalue weighted by Crippen LogP contribution is -2.49. The lowest BCUT2D eigenvalue weighted by atomic mass is 10.0. The molecule has 1 atom stereocenters. The molecular formula is C40H70N4O5. The van der Waals surface area contributed by atoms with Gasteiger partial charge in [-0.3, -0.25) is 14.4 Å². The fourth-order valence-electron chi connectivity index (χ4n) is 6.06. The normalized spacial score (nSPS) is 11.6. The molecule has 0 saturated carbocycles. The number of alkyl carbamates (subject to hydrolysis) is 1. The van der Waals surface area contributed by atoms with E-state index in [0.29, 0.717) is 13.1 Å². The molecule has 1 rings (SSSR count). The van der Waals surface area contributed by atoms with Crippen LogP contribution in [0.3, 0.4) is 0 Å². The molecule has 0 spiro atoms. The molecule has 0 aromatic heterocycles. The second-order valence-electron chi connectivity index (χ2n) is 13.5. The van der Waals surface area contributed by atoms with Gasteiger partial charge in [-0.2, -0.15) is 0 Å². The summed E-state index contributed by atoms with van der Waals surface area (Å²) >= 11 is 0. The number of carbonyl (C=O) groups excluding carboxylic acids is 4. The number of ether oxygens (including phenoxy) is 1. The Morgan fingerprint density at radius 1 is 0.653 bits per heavy atom. The summed E-state index contributed by atoms with van der Waals surface area (Å²) in [6, 6.07) is 8.49. The minimum absolute atomic E-state index is 0.00686. The number of benzene rings is 1. The molecule has 49 heavy (non-hydrogen) atoms. The number of nitrogens with two attached hydrogens (primary N) is 1. The van der Waals surface area contributed by atoms with Gasteiger partial charge in [0.15, 0.2) is 0 Å². The van der Waals surface area contributed by atoms with Crippen LogP contribution in [0.1, 0.15) is 167 Å². The second kappa shape index (κ2) is 30.9. The molecule has 9 nitrogen and oxygen atoms in total. The summed E-state index contributed by atoms with van der Waals surface area (Å²) in [4.78, 5) is 52.4. The first kappa shape index (κ1) is 43.9. The van der Waals surface area contributed by atoms with E-state index in [1.807, 2.05) is 30.3 Å². The molecule has 0 heterocycles. The minimum Gasteiger partial charge on any atom is -0.445 e. The number of carbonyl (C=O) groups is 4. The first-order valence-electron chi connectivity index (χ1n) is 19.7. The molecule has 1 aromatic carbocycles. The fraction of sp³-hybridized carbons (Fsp3) is 0.750. The summed E-state index contributed by atoms with van der Waals surface area (Å²) in [6.07, 6.45) is 23.6. The van der Waals surface area contributed by atoms with Gasteiger partial charge in [0.05, 0.1) is 0 Å². The number of amides is 4. The number of hydrogen-bond donors (Lipinski definition) is 3. The number of primary amides is 1. The topological polar surface area (TPSA) is 131 Å². The smallest absolute Gasteiger partial charge is 0.407 e. The maximum Gasteiger partial charge on any atom is 0.407 e. The largest absolute Gasteiger partial charge is 0.445 e. The van der Waals surface area contributed by atoms with E-state index < -0.39 is 18.0 Å². The third kappa shape index (κ3) is 24.6. The van der Waals surface area contributed by atoms with Crippen molar-refractivity contribution in [2.45, 2.75) is 174 Å². The van der Waals surface area contributed by atoms with Gasteiger partial charge in [0.25, 0.3) is 0 Å². The van der Waals surface area contributed by atoms with Crippen LogP contribution in [0.5, 0.6) is 0 Å². The first-order chi connectivity index (χ1) is 23.9. The molecule has 0 fully saturated rings. The molecule has 0 aliphatic rings. The number of unbranched alkanes of at least 4 members (excludes halogenated alkanes) is 18. The van der Waals surface area contributed by atoms with Gasteiger partial charge in [-0.05, 0) is 24.8 Å². The Morgan fingerprint density at radius 2 is 1.16 bits per heavy atom. The van der Waals surface area contributed by atoms with Crippen LogP contribution in [0.4, 0.5) is 4.79 Å². The van der Waals surface area contributed by atoms with E-state index in [4.69, 9.17) is 10.5 Å². The lowest BCUT2D eigenvalue weighted by molar-refractivity contribution is -0.140. The van der Waals surface area contributed by atoms with E-state index in [-0.39, 0.29) is 44.2 Å². The summed E-state index contributed by atoms with van der Waals surface area (Å²) in [7, 11) is 0. The highest BCUT2D eigenvalue weighted by atomic mass is 16.5. The molecule has 0 unspecified atom stereocenters. The fourth-order valence-corrected chi connectivity index (χ4v) is 6.06. The molecule has 4 amide bonds. The minimum atomic E-state index is -0.876. The Kier molecular flexibility index (Phi) is 27.7. The SMILES string of the molecule is CCCCCCCCCCCCNC(=O)CC[C@@H](C(N)=O)N(CCCCCCCCCCCC)C(=O)CCNC(=O)OCc1ccccc1. The highest BCUT2D eigenvalue weighted by Gasteiger charge is 2.28. The molecule has 0 aliphatic carbocycles. The van der Waals surface area contributed by atoms with Crippen LogP contribution in [0.25, 0.3) is 0 Å². The number of nitrogens with zero attached hydrogens (tertiary/aromatic N) is 1. The zero-order valence-corrected chi connectivity index (χ0v) is 31.1. The van der Waals surface area contributed by atoms with Crippen LogP contribution in [0, 0.1) is 0 Å². The predicted molar refractivity (Wildman–Crippen MR) is 200 cm³/mol. The zero-order valence-electron chi connectivity index (χ0n) is 31.1. The predicted octanol–water partition coefficient (Wildman–Crippen LogP) is 8.72. The quantitative estimate of drug-likeness (QED) is 0.0653. The van der Waals surface area contributed by atoms with E-state index in [1.54, 1.807) is 0 Å². The van der Waals surface area contributed by atoms with Gasteiger partial charge < -0.3 is 26.0 Å². The average Bonchev–Trinajstić information content (AvgIpc) is 3.09. The number of hydrogen-bond acceptors (Lipinski definition) is 5. The highest BCUT2D eigenvalue weighted by Crippen LogP contribution is 2.15. The van der Waals surface area contributed by atoms with Gasteiger partial charge in [-0.15, -0.1) is 0 Å². The van der Waals surface area contributed by atoms with Crippen molar-refractivity contribution in [3.63, 3.8) is 0 Å². The van der Waals surface area contributed by atoms with Gasteiger partial charge in [-0.1, -0.05) is 160 Å². The first-order valence-corrected chi connectivity index (χ1v) is 19.7. The molecule has 9 heteroatoms. The average molecular weight is 687 g/mol. The summed E-state index contributed by atoms with van der Waals surface area (Å²) in [5.41, 5.74) is 6.68. The Hall–Kier alpha value is -3.10. The molecule has 0 bridgehead atoms. The highest BCUT2D eigenvalue weighted by molar-refractivity contribution is 5.87. The van der Waals surface area contributed by atoms with Crippen LogP contribution in [-0.2, 0) is 25.7 Å². The van der Waals surface area contributed by atoms with Crippen molar-refractivity contribution in [3.05, 3.63) is 35.9 Å².